The molecule has 0 saturated carbocycles. The molecule has 7 heteroatoms. The zero-order chi connectivity index (χ0) is 20.6. The number of nitrogens with zero attached hydrogens (tertiary/aromatic N) is 2. The summed E-state index contributed by atoms with van der Waals surface area (Å²) in [6.07, 6.45) is 3.10. The number of aliphatic carboxylic acids is 1. The van der Waals surface area contributed by atoms with Gasteiger partial charge in [-0.2, -0.15) is 0 Å². The van der Waals surface area contributed by atoms with Crippen LogP contribution in [0.1, 0.15) is 25.8 Å². The first kappa shape index (κ1) is 20.4. The first-order valence-electron chi connectivity index (χ1n) is 10.0. The molecule has 1 atom stereocenters. The molecule has 2 fully saturated rings. The van der Waals surface area contributed by atoms with Crippen molar-refractivity contribution in [1.82, 2.24) is 9.80 Å². The van der Waals surface area contributed by atoms with Crippen molar-refractivity contribution < 1.29 is 19.0 Å². The lowest BCUT2D eigenvalue weighted by atomic mass is 9.85. The molecule has 156 valence electrons. The highest BCUT2D eigenvalue weighted by atomic mass is 32.2. The maximum Gasteiger partial charge on any atom is 0.338 e. The maximum absolute atomic E-state index is 13.8. The van der Waals surface area contributed by atoms with Crippen LogP contribution in [-0.4, -0.2) is 59.1 Å². The normalized spacial score (nSPS) is 24.0. The minimum atomic E-state index is -0.914. The fourth-order valence-corrected chi connectivity index (χ4v) is 5.51. The molecule has 1 spiro atoms. The number of carboxylic acids is 1. The van der Waals surface area contributed by atoms with E-state index in [1.165, 1.54) is 12.1 Å². The van der Waals surface area contributed by atoms with Gasteiger partial charge in [-0.25, -0.2) is 9.18 Å². The highest BCUT2D eigenvalue weighted by Crippen LogP contribution is 2.42. The Labute approximate surface area is 175 Å². The molecular formula is C22H27FN2O3S. The maximum atomic E-state index is 13.8. The molecule has 1 unspecified atom stereocenters. The SMILES string of the molecule is CCSC1=C(C(=O)O)C(C)=CC(N2CCC3(COC3)C2)N1Cc1cccc(F)c1. The molecule has 5 nitrogen and oxygen atoms in total. The third-order valence-electron chi connectivity index (χ3n) is 5.98. The molecule has 3 heterocycles. The first-order chi connectivity index (χ1) is 13.9. The van der Waals surface area contributed by atoms with Gasteiger partial charge in [0.25, 0.3) is 0 Å². The molecule has 0 aliphatic carbocycles. The third kappa shape index (κ3) is 3.96. The standard InChI is InChI=1S/C22H27FN2O3S/c1-3-29-20-19(21(26)27)15(2)9-18(24-8-7-22(12-24)13-28-14-22)25(20)11-16-5-4-6-17(23)10-16/h4-6,9-10,18H,3,7-8,11-14H2,1-2H3,(H,26,27). The van der Waals surface area contributed by atoms with E-state index < -0.39 is 5.97 Å². The third-order valence-corrected chi connectivity index (χ3v) is 6.98. The van der Waals surface area contributed by atoms with Crippen molar-refractivity contribution in [1.29, 1.82) is 0 Å². The van der Waals surface area contributed by atoms with Crippen LogP contribution in [0.15, 0.2) is 46.5 Å². The van der Waals surface area contributed by atoms with E-state index in [2.05, 4.69) is 15.9 Å². The predicted molar refractivity (Wildman–Crippen MR) is 112 cm³/mol. The zero-order valence-corrected chi connectivity index (χ0v) is 17.7. The van der Waals surface area contributed by atoms with Crippen molar-refractivity contribution in [3.63, 3.8) is 0 Å². The highest BCUT2D eigenvalue weighted by molar-refractivity contribution is 8.03. The van der Waals surface area contributed by atoms with Crippen LogP contribution in [0.2, 0.25) is 0 Å². The Morgan fingerprint density at radius 1 is 1.41 bits per heavy atom. The van der Waals surface area contributed by atoms with Crippen molar-refractivity contribution in [2.45, 2.75) is 33.0 Å². The van der Waals surface area contributed by atoms with Crippen LogP contribution in [0.5, 0.6) is 0 Å². The second-order valence-corrected chi connectivity index (χ2v) is 9.41. The number of halogens is 1. The number of rotatable bonds is 6. The molecule has 3 aliphatic rings. The van der Waals surface area contributed by atoms with Crippen LogP contribution >= 0.6 is 11.8 Å². The Morgan fingerprint density at radius 2 is 2.21 bits per heavy atom. The van der Waals surface area contributed by atoms with E-state index >= 15 is 0 Å². The summed E-state index contributed by atoms with van der Waals surface area (Å²) in [6.45, 7) is 7.86. The number of likely N-dealkylation sites (tertiary alicyclic amines) is 1. The fraction of sp³-hybridized carbons (Fsp3) is 0.500. The Bertz CT molecular complexity index is 865. The first-order valence-corrected chi connectivity index (χ1v) is 11.0. The summed E-state index contributed by atoms with van der Waals surface area (Å²) in [5.41, 5.74) is 2.22. The molecule has 4 rings (SSSR count). The average molecular weight is 419 g/mol. The molecule has 1 aromatic rings. The number of thioether (sulfide) groups is 1. The van der Waals surface area contributed by atoms with Gasteiger partial charge < -0.3 is 14.7 Å². The minimum Gasteiger partial charge on any atom is -0.478 e. The van der Waals surface area contributed by atoms with Gasteiger partial charge >= 0.3 is 5.97 Å². The zero-order valence-electron chi connectivity index (χ0n) is 16.9. The quantitative estimate of drug-likeness (QED) is 0.761. The summed E-state index contributed by atoms with van der Waals surface area (Å²) < 4.78 is 19.3. The minimum absolute atomic E-state index is 0.0459. The largest absolute Gasteiger partial charge is 0.478 e. The van der Waals surface area contributed by atoms with Gasteiger partial charge in [-0.05, 0) is 48.4 Å². The Morgan fingerprint density at radius 3 is 2.79 bits per heavy atom. The van der Waals surface area contributed by atoms with Gasteiger partial charge in [-0.1, -0.05) is 19.1 Å². The molecule has 1 aromatic carbocycles. The van der Waals surface area contributed by atoms with E-state index in [0.717, 1.165) is 54.6 Å². The van der Waals surface area contributed by atoms with Gasteiger partial charge in [0.1, 0.15) is 12.0 Å². The number of ether oxygens (including phenoxy) is 1. The van der Waals surface area contributed by atoms with E-state index in [4.69, 9.17) is 4.74 Å². The fourth-order valence-electron chi connectivity index (χ4n) is 4.50. The van der Waals surface area contributed by atoms with Crippen LogP contribution in [-0.2, 0) is 16.1 Å². The van der Waals surface area contributed by atoms with Gasteiger partial charge in [-0.15, -0.1) is 11.8 Å². The Balaban J connectivity index is 1.71. The number of hydrogen-bond acceptors (Lipinski definition) is 5. The number of carbonyl (C=O) groups is 1. The van der Waals surface area contributed by atoms with Crippen molar-refractivity contribution in [3.05, 3.63) is 57.9 Å². The summed E-state index contributed by atoms with van der Waals surface area (Å²) in [6, 6.07) is 6.56. The Kier molecular flexibility index (Phi) is 5.73. The van der Waals surface area contributed by atoms with E-state index in [1.807, 2.05) is 19.9 Å². The van der Waals surface area contributed by atoms with Gasteiger partial charge in [-0.3, -0.25) is 4.90 Å². The summed E-state index contributed by atoms with van der Waals surface area (Å²) in [4.78, 5) is 16.6. The molecule has 29 heavy (non-hydrogen) atoms. The molecule has 1 N–H and O–H groups in total. The lowest BCUT2D eigenvalue weighted by Gasteiger charge is -2.44. The molecule has 0 bridgehead atoms. The molecule has 0 amide bonds. The van der Waals surface area contributed by atoms with E-state index in [1.54, 1.807) is 17.8 Å². The van der Waals surface area contributed by atoms with Gasteiger partial charge in [0.15, 0.2) is 0 Å². The summed E-state index contributed by atoms with van der Waals surface area (Å²) >= 11 is 1.54. The van der Waals surface area contributed by atoms with E-state index in [9.17, 15) is 14.3 Å². The lowest BCUT2D eigenvalue weighted by Crippen LogP contribution is -2.51. The van der Waals surface area contributed by atoms with Crippen LogP contribution < -0.4 is 0 Å². The van der Waals surface area contributed by atoms with Crippen molar-refractivity contribution in [3.8, 4) is 0 Å². The summed E-state index contributed by atoms with van der Waals surface area (Å²) in [7, 11) is 0. The van der Waals surface area contributed by atoms with Gasteiger partial charge in [0.05, 0.1) is 23.8 Å². The number of benzene rings is 1. The van der Waals surface area contributed by atoms with Crippen LogP contribution in [0.25, 0.3) is 0 Å². The Hall–Kier alpha value is -1.83. The molecule has 0 radical (unpaired) electrons. The second kappa shape index (κ2) is 8.13. The molecular weight excluding hydrogens is 391 g/mol. The molecule has 2 saturated heterocycles. The average Bonchev–Trinajstić information content (AvgIpc) is 3.10. The van der Waals surface area contributed by atoms with E-state index in [-0.39, 0.29) is 17.4 Å². The summed E-state index contributed by atoms with van der Waals surface area (Å²) in [5.74, 6) is -0.423. The van der Waals surface area contributed by atoms with Crippen LogP contribution in [0, 0.1) is 11.2 Å². The van der Waals surface area contributed by atoms with Crippen LogP contribution in [0.4, 0.5) is 4.39 Å². The van der Waals surface area contributed by atoms with Gasteiger partial charge in [0.2, 0.25) is 0 Å². The van der Waals surface area contributed by atoms with Crippen molar-refractivity contribution in [2.24, 2.45) is 5.41 Å². The number of carboxylic acid groups (broad SMARTS) is 1. The second-order valence-electron chi connectivity index (χ2n) is 8.15. The number of hydrogen-bond donors (Lipinski definition) is 1. The molecule has 3 aliphatic heterocycles. The van der Waals surface area contributed by atoms with Crippen LogP contribution in [0.3, 0.4) is 0 Å². The monoisotopic (exact) mass is 418 g/mol. The van der Waals surface area contributed by atoms with Crippen molar-refractivity contribution >= 4 is 17.7 Å². The van der Waals surface area contributed by atoms with Crippen molar-refractivity contribution in [2.75, 3.05) is 32.1 Å². The van der Waals surface area contributed by atoms with Gasteiger partial charge in [0, 0.05) is 25.0 Å². The summed E-state index contributed by atoms with van der Waals surface area (Å²) in [5, 5.41) is 10.7. The topological polar surface area (TPSA) is 53.0 Å². The smallest absolute Gasteiger partial charge is 0.338 e. The highest BCUT2D eigenvalue weighted by Gasteiger charge is 2.47. The van der Waals surface area contributed by atoms with E-state index in [0.29, 0.717) is 12.1 Å². The molecule has 0 aromatic heterocycles. The lowest BCUT2D eigenvalue weighted by molar-refractivity contribution is -0.132. The predicted octanol–water partition coefficient (Wildman–Crippen LogP) is 3.69.